The number of nitrogens with zero attached hydrogens (tertiary/aromatic N) is 1. The number of halogens is 1. The lowest BCUT2D eigenvalue weighted by Crippen LogP contribution is -3.00. The molecule has 0 amide bonds. The largest absolute Gasteiger partial charge is 1.00 e. The number of aryl methyl sites for hydroxylation is 3. The van der Waals surface area contributed by atoms with Gasteiger partial charge >= 0.3 is 0 Å². The SMILES string of the molecule is COc1ccc2c(Cc3cccc(C)c3)c3[n+](cc2c1OC)CCc1cc2c(cc1-3)OCO2.[Br-]. The summed E-state index contributed by atoms with van der Waals surface area (Å²) >= 11 is 0. The molecule has 3 aromatic carbocycles. The van der Waals surface area contributed by atoms with E-state index in [4.69, 9.17) is 18.9 Å². The second kappa shape index (κ2) is 8.84. The summed E-state index contributed by atoms with van der Waals surface area (Å²) in [6, 6.07) is 17.2. The molecule has 6 rings (SSSR count). The van der Waals surface area contributed by atoms with Gasteiger partial charge in [-0.25, -0.2) is 0 Å². The van der Waals surface area contributed by atoms with Crippen LogP contribution >= 0.6 is 0 Å². The number of aromatic nitrogens is 1. The van der Waals surface area contributed by atoms with E-state index in [0.29, 0.717) is 0 Å². The van der Waals surface area contributed by atoms with E-state index >= 15 is 0 Å². The molecule has 0 bridgehead atoms. The Morgan fingerprint density at radius 1 is 0.941 bits per heavy atom. The van der Waals surface area contributed by atoms with Crippen molar-refractivity contribution in [1.29, 1.82) is 0 Å². The molecule has 0 N–H and O–H groups in total. The van der Waals surface area contributed by atoms with Crippen LogP contribution in [-0.2, 0) is 19.4 Å². The zero-order chi connectivity index (χ0) is 22.5. The molecule has 174 valence electrons. The van der Waals surface area contributed by atoms with Gasteiger partial charge in [0.15, 0.2) is 35.7 Å². The van der Waals surface area contributed by atoms with Crippen molar-refractivity contribution >= 4 is 10.8 Å². The number of ether oxygens (including phenoxy) is 4. The van der Waals surface area contributed by atoms with Crippen LogP contribution in [0, 0.1) is 6.92 Å². The Morgan fingerprint density at radius 3 is 2.53 bits per heavy atom. The Labute approximate surface area is 209 Å². The molecule has 0 unspecified atom stereocenters. The number of pyridine rings is 1. The van der Waals surface area contributed by atoms with Crippen molar-refractivity contribution in [2.24, 2.45) is 0 Å². The summed E-state index contributed by atoms with van der Waals surface area (Å²) in [6.45, 7) is 3.31. The van der Waals surface area contributed by atoms with Gasteiger partial charge < -0.3 is 35.9 Å². The average molecular weight is 520 g/mol. The number of hydrogen-bond donors (Lipinski definition) is 0. The van der Waals surface area contributed by atoms with Crippen molar-refractivity contribution in [2.75, 3.05) is 21.0 Å². The molecule has 5 nitrogen and oxygen atoms in total. The highest BCUT2D eigenvalue weighted by Crippen LogP contribution is 2.44. The molecule has 0 saturated carbocycles. The maximum Gasteiger partial charge on any atom is 0.231 e. The molecule has 3 heterocycles. The minimum atomic E-state index is 0. The van der Waals surface area contributed by atoms with Gasteiger partial charge in [0, 0.05) is 23.8 Å². The van der Waals surface area contributed by atoms with Gasteiger partial charge in [-0.3, -0.25) is 0 Å². The molecule has 0 radical (unpaired) electrons. The number of rotatable bonds is 4. The third-order valence-corrected chi connectivity index (χ3v) is 6.71. The molecule has 0 spiro atoms. The lowest BCUT2D eigenvalue weighted by atomic mass is 9.88. The summed E-state index contributed by atoms with van der Waals surface area (Å²) in [7, 11) is 3.39. The predicted octanol–water partition coefficient (Wildman–Crippen LogP) is 2.00. The van der Waals surface area contributed by atoms with E-state index < -0.39 is 0 Å². The predicted molar refractivity (Wildman–Crippen MR) is 126 cm³/mol. The average Bonchev–Trinajstić information content (AvgIpc) is 3.29. The van der Waals surface area contributed by atoms with E-state index in [1.807, 2.05) is 6.07 Å². The molecule has 4 aromatic rings. The molecule has 0 atom stereocenters. The van der Waals surface area contributed by atoms with E-state index in [2.05, 4.69) is 60.2 Å². The quantitative estimate of drug-likeness (QED) is 0.387. The van der Waals surface area contributed by atoms with Crippen molar-refractivity contribution in [3.63, 3.8) is 0 Å². The van der Waals surface area contributed by atoms with Crippen molar-refractivity contribution in [1.82, 2.24) is 0 Å². The molecule has 1 aromatic heterocycles. The van der Waals surface area contributed by atoms with E-state index in [0.717, 1.165) is 47.8 Å². The Kier molecular flexibility index (Phi) is 5.86. The number of fused-ring (bicyclic) bond motifs is 5. The molecule has 0 fully saturated rings. The van der Waals surface area contributed by atoms with E-state index in [1.165, 1.54) is 38.9 Å². The zero-order valence-corrected chi connectivity index (χ0v) is 21.1. The Morgan fingerprint density at radius 2 is 1.76 bits per heavy atom. The Hall–Kier alpha value is -3.25. The van der Waals surface area contributed by atoms with Crippen LogP contribution in [-0.4, -0.2) is 21.0 Å². The molecule has 2 aliphatic rings. The van der Waals surface area contributed by atoms with Gasteiger partial charge in [0.25, 0.3) is 0 Å². The first-order valence-electron chi connectivity index (χ1n) is 11.2. The standard InChI is InChI=1S/C28H26NO4.BrH/c1-17-5-4-6-18(11-17)12-22-20-7-8-24(30-2)28(31-3)23(20)15-29-10-9-19-13-25-26(33-16-32-25)14-21(19)27(22)29;/h4-8,11,13-15H,9-10,12,16H2,1-3H3;1H/q+1;/p-1. The molecule has 0 saturated heterocycles. The summed E-state index contributed by atoms with van der Waals surface area (Å²) < 4.78 is 25.2. The molecular weight excluding hydrogens is 494 g/mol. The summed E-state index contributed by atoms with van der Waals surface area (Å²) in [4.78, 5) is 0. The smallest absolute Gasteiger partial charge is 0.231 e. The van der Waals surface area contributed by atoms with Gasteiger partial charge in [-0.2, -0.15) is 4.57 Å². The van der Waals surface area contributed by atoms with Crippen LogP contribution in [0.3, 0.4) is 0 Å². The van der Waals surface area contributed by atoms with Crippen LogP contribution in [0.5, 0.6) is 23.0 Å². The van der Waals surface area contributed by atoms with Crippen LogP contribution in [0.25, 0.3) is 22.0 Å². The van der Waals surface area contributed by atoms with Crippen LogP contribution in [0.15, 0.2) is 54.7 Å². The molecule has 34 heavy (non-hydrogen) atoms. The fraction of sp³-hybridized carbons (Fsp3) is 0.250. The topological polar surface area (TPSA) is 40.8 Å². The van der Waals surface area contributed by atoms with Crippen LogP contribution in [0.4, 0.5) is 0 Å². The zero-order valence-electron chi connectivity index (χ0n) is 19.5. The van der Waals surface area contributed by atoms with Crippen LogP contribution in [0.2, 0.25) is 0 Å². The summed E-state index contributed by atoms with van der Waals surface area (Å²) in [5.41, 5.74) is 7.56. The monoisotopic (exact) mass is 519 g/mol. The van der Waals surface area contributed by atoms with Crippen molar-refractivity contribution in [3.05, 3.63) is 77.0 Å². The highest BCUT2D eigenvalue weighted by Gasteiger charge is 2.32. The first-order chi connectivity index (χ1) is 16.2. The minimum Gasteiger partial charge on any atom is -1.00 e. The number of hydrogen-bond acceptors (Lipinski definition) is 4. The first kappa shape index (κ1) is 22.5. The van der Waals surface area contributed by atoms with Gasteiger partial charge in [-0.15, -0.1) is 0 Å². The molecular formula is C28H26BrNO4. The van der Waals surface area contributed by atoms with E-state index in [9.17, 15) is 0 Å². The van der Waals surface area contributed by atoms with Crippen molar-refractivity contribution in [3.8, 4) is 34.3 Å². The van der Waals surface area contributed by atoms with E-state index in [-0.39, 0.29) is 23.8 Å². The van der Waals surface area contributed by atoms with Gasteiger partial charge in [0.05, 0.1) is 25.2 Å². The van der Waals surface area contributed by atoms with E-state index in [1.54, 1.807) is 14.2 Å². The first-order valence-corrected chi connectivity index (χ1v) is 11.2. The fourth-order valence-corrected chi connectivity index (χ4v) is 5.21. The maximum absolute atomic E-state index is 5.82. The number of benzene rings is 3. The fourth-order valence-electron chi connectivity index (χ4n) is 5.21. The normalized spacial score (nSPS) is 13.1. The molecule has 2 aliphatic heterocycles. The molecule has 6 heteroatoms. The lowest BCUT2D eigenvalue weighted by Gasteiger charge is -2.21. The van der Waals surface area contributed by atoms with Crippen molar-refractivity contribution < 1.29 is 40.5 Å². The maximum atomic E-state index is 5.82. The Bertz CT molecular complexity index is 1420. The van der Waals surface area contributed by atoms with Crippen molar-refractivity contribution in [2.45, 2.75) is 26.3 Å². The lowest BCUT2D eigenvalue weighted by molar-refractivity contribution is -0.686. The van der Waals surface area contributed by atoms with Gasteiger partial charge in [0.1, 0.15) is 0 Å². The number of methoxy groups -OCH3 is 2. The van der Waals surface area contributed by atoms with Crippen LogP contribution in [0.1, 0.15) is 22.3 Å². The van der Waals surface area contributed by atoms with Crippen LogP contribution < -0.4 is 40.5 Å². The summed E-state index contributed by atoms with van der Waals surface area (Å²) in [5.74, 6) is 3.17. The van der Waals surface area contributed by atoms with Gasteiger partial charge in [-0.05, 0) is 42.3 Å². The molecule has 0 aliphatic carbocycles. The second-order valence-electron chi connectivity index (χ2n) is 8.69. The third-order valence-electron chi connectivity index (χ3n) is 6.71. The minimum absolute atomic E-state index is 0. The second-order valence-corrected chi connectivity index (χ2v) is 8.69. The van der Waals surface area contributed by atoms with Gasteiger partial charge in [-0.1, -0.05) is 29.8 Å². The highest BCUT2D eigenvalue weighted by molar-refractivity contribution is 5.95. The van der Waals surface area contributed by atoms with Gasteiger partial charge in [0.2, 0.25) is 12.5 Å². The Balaban J connectivity index is 0.00000241. The highest BCUT2D eigenvalue weighted by atomic mass is 79.9. The third kappa shape index (κ3) is 3.57. The summed E-state index contributed by atoms with van der Waals surface area (Å²) in [6.07, 6.45) is 3.96. The summed E-state index contributed by atoms with van der Waals surface area (Å²) in [5, 5.41) is 2.23.